The summed E-state index contributed by atoms with van der Waals surface area (Å²) in [5, 5.41) is 0. The van der Waals surface area contributed by atoms with Crippen LogP contribution in [0.25, 0.3) is 0 Å². The Hall–Kier alpha value is -1.07. The van der Waals surface area contributed by atoms with Gasteiger partial charge in [0.1, 0.15) is 0 Å². The van der Waals surface area contributed by atoms with Crippen LogP contribution in [0.5, 0.6) is 0 Å². The van der Waals surface area contributed by atoms with Crippen molar-refractivity contribution in [2.24, 2.45) is 11.8 Å². The predicted octanol–water partition coefficient (Wildman–Crippen LogP) is 0.797. The maximum Gasteiger partial charge on any atom is 0.337 e. The molecule has 5 unspecified atom stereocenters. The molecule has 4 bridgehead atoms. The molecule has 88 valence electrons. The van der Waals surface area contributed by atoms with Gasteiger partial charge in [-0.25, -0.2) is 4.79 Å². The Morgan fingerprint density at radius 1 is 1.44 bits per heavy atom. The van der Waals surface area contributed by atoms with Crippen molar-refractivity contribution in [2.75, 3.05) is 7.11 Å². The molecule has 5 atom stereocenters. The van der Waals surface area contributed by atoms with Crippen LogP contribution >= 0.6 is 0 Å². The van der Waals surface area contributed by atoms with Crippen LogP contribution in [-0.2, 0) is 23.7 Å². The van der Waals surface area contributed by atoms with Gasteiger partial charge in [-0.2, -0.15) is 0 Å². The molecule has 0 saturated carbocycles. The molecular weight excluding hydrogens is 212 g/mol. The van der Waals surface area contributed by atoms with Gasteiger partial charge in [0.05, 0.1) is 31.0 Å². The Bertz CT molecular complexity index is 350. The van der Waals surface area contributed by atoms with Crippen LogP contribution in [0.1, 0.15) is 13.3 Å². The smallest absolute Gasteiger partial charge is 0.337 e. The zero-order valence-corrected chi connectivity index (χ0v) is 9.21. The molecule has 3 aliphatic heterocycles. The van der Waals surface area contributed by atoms with Crippen molar-refractivity contribution in [1.82, 2.24) is 0 Å². The van der Waals surface area contributed by atoms with E-state index in [9.17, 15) is 4.79 Å². The second kappa shape index (κ2) is 3.46. The molecule has 5 heteroatoms. The molecule has 0 amide bonds. The Balaban J connectivity index is 1.91. The average Bonchev–Trinajstić information content (AvgIpc) is 2.45. The van der Waals surface area contributed by atoms with E-state index in [1.54, 1.807) is 0 Å². The molecule has 0 aromatic carbocycles. The van der Waals surface area contributed by atoms with Gasteiger partial charge in [0.25, 0.3) is 0 Å². The molecule has 16 heavy (non-hydrogen) atoms. The Kier molecular flexibility index (Phi) is 2.19. The Morgan fingerprint density at radius 3 is 3.00 bits per heavy atom. The van der Waals surface area contributed by atoms with E-state index in [-0.39, 0.29) is 36.5 Å². The lowest BCUT2D eigenvalue weighted by atomic mass is 9.81. The summed E-state index contributed by atoms with van der Waals surface area (Å²) in [7, 11) is 1.37. The molecule has 3 heterocycles. The molecule has 0 spiro atoms. The fourth-order valence-corrected chi connectivity index (χ4v) is 2.76. The summed E-state index contributed by atoms with van der Waals surface area (Å²) in [5.41, 5.74) is 0.526. The van der Waals surface area contributed by atoms with Gasteiger partial charge < -0.3 is 18.9 Å². The first-order valence-corrected chi connectivity index (χ1v) is 5.45. The van der Waals surface area contributed by atoms with Crippen LogP contribution < -0.4 is 0 Å². The molecule has 2 fully saturated rings. The van der Waals surface area contributed by atoms with Crippen LogP contribution in [0.2, 0.25) is 0 Å². The van der Waals surface area contributed by atoms with E-state index in [4.69, 9.17) is 18.9 Å². The fraction of sp³-hybridized carbons (Fsp3) is 0.727. The zero-order valence-electron chi connectivity index (χ0n) is 9.21. The van der Waals surface area contributed by atoms with Crippen LogP contribution in [0.3, 0.4) is 0 Å². The summed E-state index contributed by atoms with van der Waals surface area (Å²) in [5.74, 6) is -0.197. The van der Waals surface area contributed by atoms with Crippen LogP contribution in [0.15, 0.2) is 11.8 Å². The number of hydrogen-bond donors (Lipinski definition) is 0. The maximum atomic E-state index is 11.6. The highest BCUT2D eigenvalue weighted by Gasteiger charge is 2.55. The standard InChI is InChI=1S/C11H14O5/c1-5-3-6-8-7(9(12)13-2)4-14-10(6)16-11(8)15-5/h4-6,8,10-11H,3H2,1-2H3. The zero-order chi connectivity index (χ0) is 11.3. The average molecular weight is 226 g/mol. The third-order valence-electron chi connectivity index (χ3n) is 3.45. The first-order valence-electron chi connectivity index (χ1n) is 5.45. The van der Waals surface area contributed by atoms with Gasteiger partial charge in [-0.15, -0.1) is 0 Å². The number of rotatable bonds is 1. The maximum absolute atomic E-state index is 11.6. The lowest BCUT2D eigenvalue weighted by Gasteiger charge is -2.34. The first kappa shape index (κ1) is 10.1. The Labute approximate surface area is 93.3 Å². The highest BCUT2D eigenvalue weighted by molar-refractivity contribution is 5.89. The van der Waals surface area contributed by atoms with Crippen LogP contribution in [-0.4, -0.2) is 31.8 Å². The molecule has 0 aromatic rings. The lowest BCUT2D eigenvalue weighted by Crippen LogP contribution is -2.40. The van der Waals surface area contributed by atoms with E-state index in [1.165, 1.54) is 13.4 Å². The number of hydrogen-bond acceptors (Lipinski definition) is 5. The summed E-state index contributed by atoms with van der Waals surface area (Å²) >= 11 is 0. The predicted molar refractivity (Wildman–Crippen MR) is 52.0 cm³/mol. The molecule has 2 saturated heterocycles. The highest BCUT2D eigenvalue weighted by atomic mass is 16.8. The minimum absolute atomic E-state index is 0.0394. The number of carbonyl (C=O) groups is 1. The van der Waals surface area contributed by atoms with Crippen molar-refractivity contribution in [3.63, 3.8) is 0 Å². The van der Waals surface area contributed by atoms with Crippen molar-refractivity contribution in [2.45, 2.75) is 32.0 Å². The van der Waals surface area contributed by atoms with Crippen molar-refractivity contribution >= 4 is 5.97 Å². The van der Waals surface area contributed by atoms with Crippen LogP contribution in [0.4, 0.5) is 0 Å². The largest absolute Gasteiger partial charge is 0.472 e. The number of esters is 1. The van der Waals surface area contributed by atoms with E-state index in [0.29, 0.717) is 5.57 Å². The minimum Gasteiger partial charge on any atom is -0.472 e. The van der Waals surface area contributed by atoms with Gasteiger partial charge in [-0.3, -0.25) is 0 Å². The van der Waals surface area contributed by atoms with Gasteiger partial charge in [0.15, 0.2) is 6.29 Å². The van der Waals surface area contributed by atoms with Gasteiger partial charge >= 0.3 is 5.97 Å². The van der Waals surface area contributed by atoms with E-state index < -0.39 is 0 Å². The van der Waals surface area contributed by atoms with Crippen molar-refractivity contribution in [3.05, 3.63) is 11.8 Å². The number of ether oxygens (including phenoxy) is 4. The molecule has 0 aromatic heterocycles. The summed E-state index contributed by atoms with van der Waals surface area (Å²) in [6, 6.07) is 0. The normalized spacial score (nSPS) is 44.6. The molecule has 3 rings (SSSR count). The molecule has 5 nitrogen and oxygen atoms in total. The van der Waals surface area contributed by atoms with Gasteiger partial charge in [-0.1, -0.05) is 0 Å². The highest BCUT2D eigenvalue weighted by Crippen LogP contribution is 2.48. The Morgan fingerprint density at radius 2 is 2.25 bits per heavy atom. The minimum atomic E-state index is -0.369. The van der Waals surface area contributed by atoms with Crippen LogP contribution in [0, 0.1) is 11.8 Å². The third kappa shape index (κ3) is 1.28. The first-order chi connectivity index (χ1) is 7.70. The van der Waals surface area contributed by atoms with E-state index in [2.05, 4.69) is 0 Å². The summed E-state index contributed by atoms with van der Waals surface area (Å²) < 4.78 is 21.4. The summed E-state index contributed by atoms with van der Waals surface area (Å²) in [4.78, 5) is 11.6. The SMILES string of the molecule is COC(=O)C1=COC2OC3OC(C)CC2C13. The fourth-order valence-electron chi connectivity index (χ4n) is 2.76. The number of methoxy groups -OCH3 is 1. The third-order valence-corrected chi connectivity index (χ3v) is 3.45. The summed E-state index contributed by atoms with van der Waals surface area (Å²) in [6.45, 7) is 2.01. The number of carbonyl (C=O) groups excluding carboxylic acids is 1. The van der Waals surface area contributed by atoms with Crippen molar-refractivity contribution in [3.8, 4) is 0 Å². The second-order valence-corrected chi connectivity index (χ2v) is 4.45. The summed E-state index contributed by atoms with van der Waals surface area (Å²) in [6.07, 6.45) is 1.81. The molecule has 0 aliphatic carbocycles. The van der Waals surface area contributed by atoms with Gasteiger partial charge in [0, 0.05) is 5.92 Å². The van der Waals surface area contributed by atoms with Crippen molar-refractivity contribution < 1.29 is 23.7 Å². The second-order valence-electron chi connectivity index (χ2n) is 4.45. The molecule has 0 N–H and O–H groups in total. The van der Waals surface area contributed by atoms with Gasteiger partial charge in [-0.05, 0) is 13.3 Å². The monoisotopic (exact) mass is 226 g/mol. The molecular formula is C11H14O5. The lowest BCUT2D eigenvalue weighted by molar-refractivity contribution is -0.195. The van der Waals surface area contributed by atoms with E-state index in [1.807, 2.05) is 6.92 Å². The molecule has 0 radical (unpaired) electrons. The van der Waals surface area contributed by atoms with Crippen molar-refractivity contribution in [1.29, 1.82) is 0 Å². The topological polar surface area (TPSA) is 54.0 Å². The van der Waals surface area contributed by atoms with E-state index >= 15 is 0 Å². The van der Waals surface area contributed by atoms with E-state index in [0.717, 1.165) is 6.42 Å². The van der Waals surface area contributed by atoms with Gasteiger partial charge in [0.2, 0.25) is 6.29 Å². The quantitative estimate of drug-likeness (QED) is 0.619. The molecule has 3 aliphatic rings.